The molecule has 0 aliphatic heterocycles. The predicted molar refractivity (Wildman–Crippen MR) is 68.5 cm³/mol. The van der Waals surface area contributed by atoms with Crippen LogP contribution in [0.2, 0.25) is 0 Å². The molecule has 3 N–H and O–H groups in total. The van der Waals surface area contributed by atoms with Gasteiger partial charge in [0.25, 0.3) is 0 Å². The van der Waals surface area contributed by atoms with Crippen LogP contribution in [0, 0.1) is 5.92 Å². The van der Waals surface area contributed by atoms with Crippen LogP contribution in [-0.2, 0) is 11.2 Å². The lowest BCUT2D eigenvalue weighted by Crippen LogP contribution is -2.40. The van der Waals surface area contributed by atoms with Gasteiger partial charge < -0.3 is 11.1 Å². The SMILES string of the molecule is CCC(C)C(=O)NC1c2ccccc2CC1N. The maximum Gasteiger partial charge on any atom is 0.223 e. The van der Waals surface area contributed by atoms with Crippen LogP contribution in [0.3, 0.4) is 0 Å². The van der Waals surface area contributed by atoms with E-state index in [9.17, 15) is 4.79 Å². The third-order valence-corrected chi connectivity index (χ3v) is 3.63. The summed E-state index contributed by atoms with van der Waals surface area (Å²) in [5, 5.41) is 3.07. The molecule has 0 bridgehead atoms. The van der Waals surface area contributed by atoms with E-state index in [-0.39, 0.29) is 23.9 Å². The van der Waals surface area contributed by atoms with Crippen molar-refractivity contribution in [1.82, 2.24) is 5.32 Å². The molecule has 0 heterocycles. The first-order chi connectivity index (χ1) is 8.13. The zero-order valence-corrected chi connectivity index (χ0v) is 10.4. The minimum atomic E-state index is -0.0206. The lowest BCUT2D eigenvalue weighted by Gasteiger charge is -2.20. The van der Waals surface area contributed by atoms with Gasteiger partial charge in [-0.2, -0.15) is 0 Å². The molecule has 2 rings (SSSR count). The Morgan fingerprint density at radius 3 is 2.94 bits per heavy atom. The highest BCUT2D eigenvalue weighted by molar-refractivity contribution is 5.79. The van der Waals surface area contributed by atoms with Crippen LogP contribution in [0.25, 0.3) is 0 Å². The standard InChI is InChI=1S/C14H20N2O/c1-3-9(2)14(17)16-13-11-7-5-4-6-10(11)8-12(13)15/h4-7,9,12-13H,3,8,15H2,1-2H3,(H,16,17). The van der Waals surface area contributed by atoms with Crippen molar-refractivity contribution >= 4 is 5.91 Å². The molecule has 0 fully saturated rings. The van der Waals surface area contributed by atoms with Gasteiger partial charge in [-0.1, -0.05) is 38.1 Å². The summed E-state index contributed by atoms with van der Waals surface area (Å²) in [5.74, 6) is 0.152. The fourth-order valence-corrected chi connectivity index (χ4v) is 2.29. The van der Waals surface area contributed by atoms with Crippen molar-refractivity contribution in [1.29, 1.82) is 0 Å². The van der Waals surface area contributed by atoms with Gasteiger partial charge in [-0.3, -0.25) is 4.79 Å². The van der Waals surface area contributed by atoms with E-state index in [2.05, 4.69) is 17.4 Å². The number of benzene rings is 1. The second-order valence-corrected chi connectivity index (χ2v) is 4.86. The van der Waals surface area contributed by atoms with E-state index >= 15 is 0 Å². The van der Waals surface area contributed by atoms with Gasteiger partial charge in [0, 0.05) is 12.0 Å². The molecule has 0 radical (unpaired) electrons. The van der Waals surface area contributed by atoms with Gasteiger partial charge >= 0.3 is 0 Å². The van der Waals surface area contributed by atoms with Gasteiger partial charge in [0.05, 0.1) is 6.04 Å². The van der Waals surface area contributed by atoms with Crippen LogP contribution in [0.4, 0.5) is 0 Å². The highest BCUT2D eigenvalue weighted by atomic mass is 16.1. The number of hydrogen-bond donors (Lipinski definition) is 2. The molecule has 0 aromatic heterocycles. The van der Waals surface area contributed by atoms with Crippen LogP contribution in [0.1, 0.15) is 37.4 Å². The van der Waals surface area contributed by atoms with Gasteiger partial charge in [0.15, 0.2) is 0 Å². The molecule has 3 atom stereocenters. The average molecular weight is 232 g/mol. The zero-order chi connectivity index (χ0) is 12.4. The van der Waals surface area contributed by atoms with Crippen LogP contribution in [0.15, 0.2) is 24.3 Å². The maximum atomic E-state index is 11.9. The molecule has 0 saturated carbocycles. The molecule has 3 heteroatoms. The first-order valence-electron chi connectivity index (χ1n) is 6.27. The number of fused-ring (bicyclic) bond motifs is 1. The highest BCUT2D eigenvalue weighted by Gasteiger charge is 2.31. The van der Waals surface area contributed by atoms with E-state index in [1.165, 1.54) is 11.1 Å². The number of hydrogen-bond acceptors (Lipinski definition) is 2. The van der Waals surface area contributed by atoms with E-state index < -0.39 is 0 Å². The van der Waals surface area contributed by atoms with Crippen molar-refractivity contribution in [3.05, 3.63) is 35.4 Å². The molecule has 3 unspecified atom stereocenters. The Balaban J connectivity index is 2.14. The predicted octanol–water partition coefficient (Wildman–Crippen LogP) is 1.77. The van der Waals surface area contributed by atoms with Gasteiger partial charge in [-0.05, 0) is 24.0 Å². The van der Waals surface area contributed by atoms with E-state index in [4.69, 9.17) is 5.73 Å². The van der Waals surface area contributed by atoms with E-state index in [1.807, 2.05) is 26.0 Å². The second kappa shape index (κ2) is 4.88. The largest absolute Gasteiger partial charge is 0.347 e. The summed E-state index contributed by atoms with van der Waals surface area (Å²) in [4.78, 5) is 11.9. The van der Waals surface area contributed by atoms with E-state index in [0.29, 0.717) is 0 Å². The Morgan fingerprint density at radius 2 is 2.24 bits per heavy atom. The average Bonchev–Trinajstić information content (AvgIpc) is 2.65. The first kappa shape index (κ1) is 12.1. The Kier molecular flexibility index (Phi) is 3.48. The minimum absolute atomic E-state index is 0.000376. The summed E-state index contributed by atoms with van der Waals surface area (Å²) in [6.45, 7) is 3.97. The summed E-state index contributed by atoms with van der Waals surface area (Å²) >= 11 is 0. The number of nitrogens with one attached hydrogen (secondary N) is 1. The Bertz CT molecular complexity index is 416. The molecule has 1 aromatic carbocycles. The Morgan fingerprint density at radius 1 is 1.53 bits per heavy atom. The lowest BCUT2D eigenvalue weighted by molar-refractivity contribution is -0.125. The Labute approximate surface area is 102 Å². The molecule has 1 aliphatic rings. The molecule has 1 aromatic rings. The van der Waals surface area contributed by atoms with E-state index in [0.717, 1.165) is 12.8 Å². The van der Waals surface area contributed by atoms with Crippen molar-refractivity contribution in [2.45, 2.75) is 38.8 Å². The number of nitrogens with two attached hydrogens (primary N) is 1. The monoisotopic (exact) mass is 232 g/mol. The second-order valence-electron chi connectivity index (χ2n) is 4.86. The summed E-state index contributed by atoms with van der Waals surface area (Å²) in [6, 6.07) is 8.14. The maximum absolute atomic E-state index is 11.9. The van der Waals surface area contributed by atoms with Crippen LogP contribution in [0.5, 0.6) is 0 Å². The molecule has 17 heavy (non-hydrogen) atoms. The quantitative estimate of drug-likeness (QED) is 0.834. The molecule has 1 amide bonds. The zero-order valence-electron chi connectivity index (χ0n) is 10.4. The highest BCUT2D eigenvalue weighted by Crippen LogP contribution is 2.30. The molecular formula is C14H20N2O. The smallest absolute Gasteiger partial charge is 0.223 e. The Hall–Kier alpha value is -1.35. The van der Waals surface area contributed by atoms with Gasteiger partial charge in [0.2, 0.25) is 5.91 Å². The third kappa shape index (κ3) is 2.34. The third-order valence-electron chi connectivity index (χ3n) is 3.63. The van der Waals surface area contributed by atoms with Crippen LogP contribution < -0.4 is 11.1 Å². The molecule has 3 nitrogen and oxygen atoms in total. The minimum Gasteiger partial charge on any atom is -0.347 e. The van der Waals surface area contributed by atoms with Crippen molar-refractivity contribution in [2.24, 2.45) is 11.7 Å². The lowest BCUT2D eigenvalue weighted by atomic mass is 10.0. The summed E-state index contributed by atoms with van der Waals surface area (Å²) in [7, 11) is 0. The summed E-state index contributed by atoms with van der Waals surface area (Å²) in [6.07, 6.45) is 1.71. The number of amides is 1. The van der Waals surface area contributed by atoms with Crippen molar-refractivity contribution in [2.75, 3.05) is 0 Å². The molecule has 0 spiro atoms. The number of carbonyl (C=O) groups excluding carboxylic acids is 1. The van der Waals surface area contributed by atoms with Gasteiger partial charge in [0.1, 0.15) is 0 Å². The van der Waals surface area contributed by atoms with Gasteiger partial charge in [-0.15, -0.1) is 0 Å². The topological polar surface area (TPSA) is 55.1 Å². The number of rotatable bonds is 3. The molecular weight excluding hydrogens is 212 g/mol. The number of carbonyl (C=O) groups is 1. The molecule has 92 valence electrons. The van der Waals surface area contributed by atoms with Crippen LogP contribution >= 0.6 is 0 Å². The van der Waals surface area contributed by atoms with Crippen LogP contribution in [-0.4, -0.2) is 11.9 Å². The van der Waals surface area contributed by atoms with Crippen molar-refractivity contribution < 1.29 is 4.79 Å². The van der Waals surface area contributed by atoms with E-state index in [1.54, 1.807) is 0 Å². The van der Waals surface area contributed by atoms with Gasteiger partial charge in [-0.25, -0.2) is 0 Å². The fourth-order valence-electron chi connectivity index (χ4n) is 2.29. The molecule has 1 aliphatic carbocycles. The van der Waals surface area contributed by atoms with Crippen molar-refractivity contribution in [3.63, 3.8) is 0 Å². The fraction of sp³-hybridized carbons (Fsp3) is 0.500. The summed E-state index contributed by atoms with van der Waals surface area (Å²) < 4.78 is 0. The summed E-state index contributed by atoms with van der Waals surface area (Å²) in [5.41, 5.74) is 8.54. The molecule has 0 saturated heterocycles. The normalized spacial score (nSPS) is 24.2. The first-order valence-corrected chi connectivity index (χ1v) is 6.27. The van der Waals surface area contributed by atoms with Crippen molar-refractivity contribution in [3.8, 4) is 0 Å².